The second kappa shape index (κ2) is 50.5. The molecule has 2 unspecified atom stereocenters. The van der Waals surface area contributed by atoms with Gasteiger partial charge in [0.1, 0.15) is 0 Å². The topological polar surface area (TPSA) is 545 Å². The molecule has 2 atom stereocenters. The Hall–Kier alpha value is -1.66. The second-order valence-electron chi connectivity index (χ2n) is 3.96. The minimum absolute atomic E-state index is 2.86. The third-order valence-electron chi connectivity index (χ3n) is 1.59. The van der Waals surface area contributed by atoms with Gasteiger partial charge in [-0.1, -0.05) is 0 Å². The third kappa shape index (κ3) is 50.4. The molecular formula is H4O55P2. The molecule has 0 aliphatic carbocycles. The summed E-state index contributed by atoms with van der Waals surface area (Å²) in [6.07, 6.45) is 0. The van der Waals surface area contributed by atoms with Gasteiger partial charge in [0.15, 0.2) is 2.56 Å². The molecule has 0 aromatic rings. The van der Waals surface area contributed by atoms with Crippen molar-refractivity contribution in [1.82, 2.24) is 0 Å². The highest BCUT2D eigenvalue weighted by Gasteiger charge is 2.09. The van der Waals surface area contributed by atoms with E-state index >= 15 is 0 Å². The van der Waals surface area contributed by atoms with Crippen LogP contribution in [0.2, 0.25) is 0 Å². The molecule has 0 saturated carbocycles. The minimum atomic E-state index is -5.11. The fourth-order valence-electron chi connectivity index (χ4n) is 0.641. The smallest absolute Gasteiger partial charge is 0.258 e. The fourth-order valence-corrected chi connectivity index (χ4v) is 0.989. The van der Waals surface area contributed by atoms with E-state index in [0.29, 0.717) is 0 Å². The van der Waals surface area contributed by atoms with Crippen LogP contribution in [0.5, 0.6) is 0 Å². The van der Waals surface area contributed by atoms with Crippen LogP contribution in [0.25, 0.3) is 0 Å². The zero-order valence-electron chi connectivity index (χ0n) is 25.4. The maximum absolute atomic E-state index is 11.3. The number of hydrogen-bond donors (Lipinski definition) is 2. The summed E-state index contributed by atoms with van der Waals surface area (Å²) in [5, 5.41) is 176. The van der Waals surface area contributed by atoms with E-state index in [-0.39, 0.29) is 0 Å². The van der Waals surface area contributed by atoms with Crippen molar-refractivity contribution in [3.8, 4) is 0 Å². The molecule has 0 bridgehead atoms. The normalized spacial score (nSPS) is 14.4. The van der Waals surface area contributed by atoms with Gasteiger partial charge in [0, 0.05) is 45.3 Å². The third-order valence-corrected chi connectivity index (χ3v) is 2.32. The summed E-state index contributed by atoms with van der Waals surface area (Å²) in [5.41, 5.74) is 0. The predicted molar refractivity (Wildman–Crippen MR) is 78.6 cm³/mol. The lowest BCUT2D eigenvalue weighted by Crippen LogP contribution is -2.06. The van der Waals surface area contributed by atoms with Crippen molar-refractivity contribution in [2.45, 2.75) is 0 Å². The van der Waals surface area contributed by atoms with Crippen LogP contribution in [-0.2, 0) is 265 Å². The average Bonchev–Trinajstić information content (AvgIpc) is 3.21. The fraction of sp³-hybridized carbons (Fsp3) is 0. The molecule has 55 nitrogen and oxygen atoms in total. The summed E-state index contributed by atoms with van der Waals surface area (Å²) >= 11 is 0. The lowest BCUT2D eigenvalue weighted by Gasteiger charge is -2.01. The van der Waals surface area contributed by atoms with Crippen molar-refractivity contribution in [2.24, 2.45) is 0 Å². The minimum Gasteiger partial charge on any atom is -0.258 e. The van der Waals surface area contributed by atoms with E-state index < -0.39 is 16.4 Å². The van der Waals surface area contributed by atoms with E-state index in [1.54, 1.807) is 0 Å². The second-order valence-corrected chi connectivity index (χ2v) is 5.45. The predicted octanol–water partition coefficient (Wildman–Crippen LogP) is -2.52. The van der Waals surface area contributed by atoms with Crippen molar-refractivity contribution in [3.05, 3.63) is 0 Å². The standard InChI is InChI=1S/H4O55P2/c1-5-7-9-11-13-15-17-18-19-20-21-22-23-24-25-26-27-28-29-30-33-37-41-45-49-53-57(4)55-51-47-43-39-35-31-34-38-42-46-50-54-56(3)52-48-44-40-36-32-16-14-12-10-8-6-2/h1-2,56-57H/i56T,57T. The molecule has 57 heavy (non-hydrogen) atoms. The molecule has 2 N–H and O–H groups in total. The summed E-state index contributed by atoms with van der Waals surface area (Å²) < 4.78 is 50.7. The first kappa shape index (κ1) is 51.5. The quantitative estimate of drug-likeness (QED) is 0.0275. The Labute approximate surface area is 296 Å². The van der Waals surface area contributed by atoms with Crippen LogP contribution in [0, 0.1) is 0 Å². The molecule has 0 amide bonds. The van der Waals surface area contributed by atoms with Crippen molar-refractivity contribution in [1.29, 1.82) is 2.56 Å². The van der Waals surface area contributed by atoms with Crippen molar-refractivity contribution in [3.63, 3.8) is 0 Å². The Kier molecular flexibility index (Phi) is 45.6. The van der Waals surface area contributed by atoms with Gasteiger partial charge in [-0.05, 0) is 191 Å². The molecule has 0 aliphatic heterocycles. The van der Waals surface area contributed by atoms with Crippen LogP contribution >= 0.6 is 16.4 Å². The Bertz CT molecular complexity index is 886. The zero-order chi connectivity index (χ0) is 43.1. The van der Waals surface area contributed by atoms with E-state index in [1.807, 2.05) is 0 Å². The van der Waals surface area contributed by atoms with Gasteiger partial charge in [-0.3, -0.25) is 9.13 Å². The van der Waals surface area contributed by atoms with Crippen molar-refractivity contribution < 1.29 is 275 Å². The van der Waals surface area contributed by atoms with Crippen LogP contribution in [0.1, 0.15) is 0 Å². The van der Waals surface area contributed by atoms with Gasteiger partial charge in [-0.15, -0.1) is 18.7 Å². The summed E-state index contributed by atoms with van der Waals surface area (Å²) in [6, 6.07) is 0. The largest absolute Gasteiger partial charge is 0.380 e. The Morgan fingerprint density at radius 3 is 0.439 bits per heavy atom. The van der Waals surface area contributed by atoms with Gasteiger partial charge >= 0.3 is 16.4 Å². The SMILES string of the molecule is [3H]P(=O)(OOOOOOOOOOOOO)OOOOOOOOOOOOOP([3H])(=O)OOOOOOOOOOOOOOOOOOOOOOOOOOO. The summed E-state index contributed by atoms with van der Waals surface area (Å²) in [7, 11) is -10.2. The molecule has 0 rings (SSSR count). The molecule has 344 valence electrons. The first-order valence-corrected chi connectivity index (χ1v) is 11.7. The first-order valence-electron chi connectivity index (χ1n) is 10.4. The lowest BCUT2D eigenvalue weighted by atomic mass is 14.0. The molecule has 0 radical (unpaired) electrons. The van der Waals surface area contributed by atoms with E-state index in [2.05, 4.69) is 255 Å². The van der Waals surface area contributed by atoms with E-state index in [0.717, 1.165) is 0 Å². The van der Waals surface area contributed by atoms with Gasteiger partial charge in [-0.25, -0.2) is 10.5 Å². The molecule has 0 heterocycles. The molecule has 0 aliphatic rings. The molecule has 0 saturated heterocycles. The van der Waals surface area contributed by atoms with Gasteiger partial charge < -0.3 is 0 Å². The molecule has 0 aromatic carbocycles. The highest BCUT2D eigenvalue weighted by Crippen LogP contribution is 2.25. The van der Waals surface area contributed by atoms with Gasteiger partial charge in [-0.2, -0.15) is 0 Å². The summed E-state index contributed by atoms with van der Waals surface area (Å²) in [4.78, 5) is 0. The van der Waals surface area contributed by atoms with E-state index in [4.69, 9.17) is 13.1 Å². The van der Waals surface area contributed by atoms with E-state index in [1.165, 1.54) is 0 Å². The molecule has 0 fully saturated rings. The highest BCUT2D eigenvalue weighted by molar-refractivity contribution is 7.33. The lowest BCUT2D eigenvalue weighted by molar-refractivity contribution is -0.902. The molecule has 0 aromatic heterocycles. The van der Waals surface area contributed by atoms with Gasteiger partial charge in [0.25, 0.3) is 0 Å². The molecular weight excluding hydrogens is 942 g/mol. The number of hydrogen-bond acceptors (Lipinski definition) is 55. The Morgan fingerprint density at radius 1 is 0.211 bits per heavy atom. The van der Waals surface area contributed by atoms with Crippen LogP contribution in [0.4, 0.5) is 0 Å². The maximum Gasteiger partial charge on any atom is 0.380 e. The Morgan fingerprint density at radius 2 is 0.316 bits per heavy atom. The first-order chi connectivity index (χ1) is 28.8. The van der Waals surface area contributed by atoms with Crippen LogP contribution in [0.15, 0.2) is 0 Å². The van der Waals surface area contributed by atoms with Gasteiger partial charge in [0.2, 0.25) is 0 Å². The molecule has 0 spiro atoms. The monoisotopic (exact) mass is 950 g/mol. The Balaban J connectivity index is 3.35. The average molecular weight is 950 g/mol. The maximum atomic E-state index is 11.3. The summed E-state index contributed by atoms with van der Waals surface area (Å²) in [6.45, 7) is 0. The van der Waals surface area contributed by atoms with Crippen LogP contribution in [0.3, 0.4) is 0 Å². The van der Waals surface area contributed by atoms with E-state index in [9.17, 15) is 9.13 Å². The number of rotatable bonds is 52. The molecule has 57 heteroatoms. The highest BCUT2D eigenvalue weighted by atomic mass is 31.1. The summed E-state index contributed by atoms with van der Waals surface area (Å²) in [5.74, 6) is 0. The van der Waals surface area contributed by atoms with Crippen LogP contribution in [-0.4, -0.2) is 13.1 Å². The zero-order valence-corrected chi connectivity index (χ0v) is 25.2. The van der Waals surface area contributed by atoms with Crippen molar-refractivity contribution >= 4 is 16.4 Å². The van der Waals surface area contributed by atoms with Crippen molar-refractivity contribution in [2.75, 3.05) is 0 Å². The van der Waals surface area contributed by atoms with Gasteiger partial charge in [0.05, 0.1) is 0 Å². The van der Waals surface area contributed by atoms with Crippen LogP contribution < -0.4 is 0 Å².